The number of halogens is 1. The zero-order valence-corrected chi connectivity index (χ0v) is 12.1. The van der Waals surface area contributed by atoms with Gasteiger partial charge in [-0.2, -0.15) is 0 Å². The van der Waals surface area contributed by atoms with E-state index in [4.69, 9.17) is 16.3 Å². The van der Waals surface area contributed by atoms with Crippen LogP contribution in [-0.4, -0.2) is 42.8 Å². The molecular weight excluding hydrogens is 276 g/mol. The highest BCUT2D eigenvalue weighted by Gasteiger charge is 2.38. The van der Waals surface area contributed by atoms with E-state index >= 15 is 0 Å². The average molecular weight is 295 g/mol. The van der Waals surface area contributed by atoms with E-state index in [0.29, 0.717) is 12.6 Å². The first-order chi connectivity index (χ1) is 9.74. The van der Waals surface area contributed by atoms with E-state index in [-0.39, 0.29) is 12.1 Å². The van der Waals surface area contributed by atoms with E-state index in [1.165, 1.54) is 5.56 Å². The maximum absolute atomic E-state index is 12.0. The third kappa shape index (κ3) is 2.91. The summed E-state index contributed by atoms with van der Waals surface area (Å²) in [4.78, 5) is 13.9. The second-order valence-electron chi connectivity index (χ2n) is 5.45. The molecule has 0 spiro atoms. The zero-order chi connectivity index (χ0) is 13.9. The molecule has 2 heterocycles. The summed E-state index contributed by atoms with van der Waals surface area (Å²) in [7, 11) is 0. The van der Waals surface area contributed by atoms with Gasteiger partial charge in [-0.3, -0.25) is 4.90 Å². The third-order valence-electron chi connectivity index (χ3n) is 4.09. The molecule has 4 nitrogen and oxygen atoms in total. The lowest BCUT2D eigenvalue weighted by Crippen LogP contribution is -2.48. The molecule has 1 aromatic rings. The summed E-state index contributed by atoms with van der Waals surface area (Å²) in [5, 5.41) is 4.07. The summed E-state index contributed by atoms with van der Waals surface area (Å²) in [6.07, 6.45) is 2.68. The molecule has 20 heavy (non-hydrogen) atoms. The SMILES string of the molecule is O=C1OCC(Cc2ccc(Cl)cc2)N1C1CCNCC1. The Morgan fingerprint density at radius 3 is 2.65 bits per heavy atom. The topological polar surface area (TPSA) is 41.6 Å². The normalized spacial score (nSPS) is 23.9. The van der Waals surface area contributed by atoms with E-state index in [9.17, 15) is 4.79 Å². The number of benzene rings is 1. The first kappa shape index (κ1) is 13.7. The van der Waals surface area contributed by atoms with Crippen LogP contribution in [0.1, 0.15) is 18.4 Å². The monoisotopic (exact) mass is 294 g/mol. The van der Waals surface area contributed by atoms with Gasteiger partial charge in [-0.25, -0.2) is 4.79 Å². The quantitative estimate of drug-likeness (QED) is 0.931. The number of amides is 1. The van der Waals surface area contributed by atoms with Gasteiger partial charge in [0.25, 0.3) is 0 Å². The van der Waals surface area contributed by atoms with Gasteiger partial charge in [0.2, 0.25) is 0 Å². The number of carbonyl (C=O) groups is 1. The van der Waals surface area contributed by atoms with Crippen LogP contribution >= 0.6 is 11.6 Å². The molecule has 3 rings (SSSR count). The molecule has 0 radical (unpaired) electrons. The number of piperidine rings is 1. The van der Waals surface area contributed by atoms with Gasteiger partial charge < -0.3 is 10.1 Å². The van der Waals surface area contributed by atoms with Crippen molar-refractivity contribution in [3.8, 4) is 0 Å². The summed E-state index contributed by atoms with van der Waals surface area (Å²) in [5.41, 5.74) is 1.19. The molecule has 1 amide bonds. The van der Waals surface area contributed by atoms with E-state index < -0.39 is 0 Å². The largest absolute Gasteiger partial charge is 0.447 e. The molecule has 2 aliphatic rings. The van der Waals surface area contributed by atoms with Crippen molar-refractivity contribution in [1.82, 2.24) is 10.2 Å². The summed E-state index contributed by atoms with van der Waals surface area (Å²) < 4.78 is 5.27. The lowest BCUT2D eigenvalue weighted by molar-refractivity contribution is 0.134. The van der Waals surface area contributed by atoms with Gasteiger partial charge >= 0.3 is 6.09 Å². The predicted octanol–water partition coefficient (Wildman–Crippen LogP) is 2.46. The number of carbonyl (C=O) groups excluding carboxylic acids is 1. The minimum Gasteiger partial charge on any atom is -0.447 e. The lowest BCUT2D eigenvalue weighted by Gasteiger charge is -2.33. The molecule has 0 aliphatic carbocycles. The van der Waals surface area contributed by atoms with Crippen LogP contribution in [0.15, 0.2) is 24.3 Å². The third-order valence-corrected chi connectivity index (χ3v) is 4.34. The van der Waals surface area contributed by atoms with Crippen molar-refractivity contribution in [2.75, 3.05) is 19.7 Å². The molecule has 0 bridgehead atoms. The Morgan fingerprint density at radius 2 is 1.95 bits per heavy atom. The highest BCUT2D eigenvalue weighted by Crippen LogP contribution is 2.24. The van der Waals surface area contributed by atoms with Crippen LogP contribution in [0.2, 0.25) is 5.02 Å². The minimum absolute atomic E-state index is 0.145. The van der Waals surface area contributed by atoms with Gasteiger partial charge in [-0.1, -0.05) is 23.7 Å². The maximum Gasteiger partial charge on any atom is 0.410 e. The van der Waals surface area contributed by atoms with Crippen molar-refractivity contribution in [3.63, 3.8) is 0 Å². The summed E-state index contributed by atoms with van der Waals surface area (Å²) in [5.74, 6) is 0. The number of hydrogen-bond donors (Lipinski definition) is 1. The predicted molar refractivity (Wildman–Crippen MR) is 78.0 cm³/mol. The summed E-state index contributed by atoms with van der Waals surface area (Å²) in [6.45, 7) is 2.44. The summed E-state index contributed by atoms with van der Waals surface area (Å²) in [6, 6.07) is 8.28. The highest BCUT2D eigenvalue weighted by molar-refractivity contribution is 6.30. The molecule has 1 aromatic carbocycles. The Morgan fingerprint density at radius 1 is 1.25 bits per heavy atom. The number of rotatable bonds is 3. The smallest absolute Gasteiger partial charge is 0.410 e. The molecule has 5 heteroatoms. The fraction of sp³-hybridized carbons (Fsp3) is 0.533. The Balaban J connectivity index is 1.70. The molecule has 1 N–H and O–H groups in total. The number of hydrogen-bond acceptors (Lipinski definition) is 3. The Bertz CT molecular complexity index is 471. The van der Waals surface area contributed by atoms with E-state index in [2.05, 4.69) is 5.32 Å². The second kappa shape index (κ2) is 6.02. The van der Waals surface area contributed by atoms with Crippen LogP contribution in [0.25, 0.3) is 0 Å². The fourth-order valence-corrected chi connectivity index (χ4v) is 3.18. The Hall–Kier alpha value is -1.26. The average Bonchev–Trinajstić information content (AvgIpc) is 2.83. The van der Waals surface area contributed by atoms with Crippen LogP contribution in [0.3, 0.4) is 0 Å². The first-order valence-electron chi connectivity index (χ1n) is 7.14. The molecule has 2 fully saturated rings. The van der Waals surface area contributed by atoms with E-state index in [1.807, 2.05) is 29.2 Å². The number of nitrogens with one attached hydrogen (secondary N) is 1. The Labute approximate surface area is 124 Å². The highest BCUT2D eigenvalue weighted by atomic mass is 35.5. The Kier molecular flexibility index (Phi) is 4.13. The van der Waals surface area contributed by atoms with Crippen LogP contribution in [0.5, 0.6) is 0 Å². The molecular formula is C15H19ClN2O2. The van der Waals surface area contributed by atoms with Crippen LogP contribution in [0.4, 0.5) is 4.79 Å². The standard InChI is InChI=1S/C15H19ClN2O2/c16-12-3-1-11(2-4-12)9-14-10-20-15(19)18(14)13-5-7-17-8-6-13/h1-4,13-14,17H,5-10H2. The molecule has 2 saturated heterocycles. The second-order valence-corrected chi connectivity index (χ2v) is 5.89. The van der Waals surface area contributed by atoms with Crippen molar-refractivity contribution >= 4 is 17.7 Å². The van der Waals surface area contributed by atoms with Crippen molar-refractivity contribution in [2.45, 2.75) is 31.3 Å². The minimum atomic E-state index is -0.157. The number of nitrogens with zero attached hydrogens (tertiary/aromatic N) is 1. The molecule has 1 atom stereocenters. The van der Waals surface area contributed by atoms with Crippen molar-refractivity contribution in [1.29, 1.82) is 0 Å². The lowest BCUT2D eigenvalue weighted by atomic mass is 10.0. The number of cyclic esters (lactones) is 1. The van der Waals surface area contributed by atoms with Crippen molar-refractivity contribution in [2.24, 2.45) is 0 Å². The van der Waals surface area contributed by atoms with E-state index in [0.717, 1.165) is 37.4 Å². The zero-order valence-electron chi connectivity index (χ0n) is 11.3. The van der Waals surface area contributed by atoms with Crippen LogP contribution in [-0.2, 0) is 11.2 Å². The fourth-order valence-electron chi connectivity index (χ4n) is 3.05. The summed E-state index contributed by atoms with van der Waals surface area (Å²) >= 11 is 5.91. The first-order valence-corrected chi connectivity index (χ1v) is 7.52. The van der Waals surface area contributed by atoms with Gasteiger partial charge in [0.05, 0.1) is 6.04 Å². The van der Waals surface area contributed by atoms with Gasteiger partial charge in [0, 0.05) is 11.1 Å². The van der Waals surface area contributed by atoms with Gasteiger partial charge in [0.15, 0.2) is 0 Å². The molecule has 0 aromatic heterocycles. The molecule has 1 unspecified atom stereocenters. The molecule has 2 aliphatic heterocycles. The van der Waals surface area contributed by atoms with Crippen molar-refractivity contribution in [3.05, 3.63) is 34.9 Å². The van der Waals surface area contributed by atoms with Gasteiger partial charge in [0.1, 0.15) is 6.61 Å². The van der Waals surface area contributed by atoms with Gasteiger partial charge in [-0.05, 0) is 50.0 Å². The number of ether oxygens (including phenoxy) is 1. The maximum atomic E-state index is 12.0. The van der Waals surface area contributed by atoms with Crippen molar-refractivity contribution < 1.29 is 9.53 Å². The van der Waals surface area contributed by atoms with Crippen LogP contribution < -0.4 is 5.32 Å². The van der Waals surface area contributed by atoms with Crippen LogP contribution in [0, 0.1) is 0 Å². The van der Waals surface area contributed by atoms with E-state index in [1.54, 1.807) is 0 Å². The molecule has 0 saturated carbocycles. The van der Waals surface area contributed by atoms with Gasteiger partial charge in [-0.15, -0.1) is 0 Å². The molecule has 108 valence electrons.